The van der Waals surface area contributed by atoms with Crippen molar-refractivity contribution in [3.05, 3.63) is 54.1 Å². The number of ether oxygens (including phenoxy) is 2. The van der Waals surface area contributed by atoms with E-state index in [-0.39, 0.29) is 11.3 Å². The number of carbonyl (C=O) groups is 2. The molecular weight excluding hydrogens is 372 g/mol. The number of rotatable bonds is 7. The maximum atomic E-state index is 12.3. The normalized spacial score (nSPS) is 12.0. The predicted molar refractivity (Wildman–Crippen MR) is 101 cm³/mol. The second-order valence-corrected chi connectivity index (χ2v) is 7.43. The van der Waals surface area contributed by atoms with Crippen LogP contribution in [0.15, 0.2) is 48.5 Å². The van der Waals surface area contributed by atoms with Crippen LogP contribution in [0.4, 0.5) is 11.4 Å². The highest BCUT2D eigenvalue weighted by Gasteiger charge is 2.21. The van der Waals surface area contributed by atoms with Gasteiger partial charge in [-0.15, -0.1) is 0 Å². The number of anilines is 2. The summed E-state index contributed by atoms with van der Waals surface area (Å²) in [6, 6.07) is 12.6. The van der Waals surface area contributed by atoms with Gasteiger partial charge in [-0.2, -0.15) is 0 Å². The van der Waals surface area contributed by atoms with Gasteiger partial charge in [-0.1, -0.05) is 12.1 Å². The molecule has 0 heterocycles. The zero-order valence-electron chi connectivity index (χ0n) is 15.1. The van der Waals surface area contributed by atoms with Gasteiger partial charge in [-0.25, -0.2) is 13.2 Å². The van der Waals surface area contributed by atoms with Gasteiger partial charge in [0.1, 0.15) is 5.75 Å². The number of esters is 1. The Hall–Kier alpha value is -3.07. The van der Waals surface area contributed by atoms with Gasteiger partial charge in [-0.3, -0.25) is 9.52 Å². The molecule has 0 saturated heterocycles. The van der Waals surface area contributed by atoms with E-state index in [9.17, 15) is 18.0 Å². The van der Waals surface area contributed by atoms with Crippen LogP contribution in [-0.2, 0) is 19.6 Å². The monoisotopic (exact) mass is 392 g/mol. The Morgan fingerprint density at radius 2 is 1.67 bits per heavy atom. The molecule has 2 aromatic carbocycles. The van der Waals surface area contributed by atoms with Gasteiger partial charge in [0.15, 0.2) is 6.10 Å². The van der Waals surface area contributed by atoms with Crippen molar-refractivity contribution in [3.63, 3.8) is 0 Å². The fraction of sp³-hybridized carbons (Fsp3) is 0.222. The van der Waals surface area contributed by atoms with E-state index in [4.69, 9.17) is 9.47 Å². The summed E-state index contributed by atoms with van der Waals surface area (Å²) in [7, 11) is -2.04. The first-order valence-electron chi connectivity index (χ1n) is 7.92. The summed E-state index contributed by atoms with van der Waals surface area (Å²) in [5.41, 5.74) is 0.600. The van der Waals surface area contributed by atoms with Gasteiger partial charge in [0.25, 0.3) is 5.91 Å². The van der Waals surface area contributed by atoms with Gasteiger partial charge in [0.2, 0.25) is 10.0 Å². The fourth-order valence-electron chi connectivity index (χ4n) is 2.15. The Balaban J connectivity index is 2.05. The summed E-state index contributed by atoms with van der Waals surface area (Å²) in [5.74, 6) is -0.705. The zero-order chi connectivity index (χ0) is 20.0. The molecule has 144 valence electrons. The molecule has 0 bridgehead atoms. The van der Waals surface area contributed by atoms with Gasteiger partial charge in [0.05, 0.1) is 24.6 Å². The summed E-state index contributed by atoms with van der Waals surface area (Å²) in [6.07, 6.45) is -0.120. The van der Waals surface area contributed by atoms with Crippen molar-refractivity contribution in [2.24, 2.45) is 0 Å². The third-order valence-corrected chi connectivity index (χ3v) is 4.04. The van der Waals surface area contributed by atoms with E-state index in [2.05, 4.69) is 10.0 Å². The Bertz CT molecular complexity index is 925. The summed E-state index contributed by atoms with van der Waals surface area (Å²) in [6.45, 7) is 1.42. The van der Waals surface area contributed by atoms with Crippen molar-refractivity contribution in [2.45, 2.75) is 13.0 Å². The molecule has 0 radical (unpaired) electrons. The van der Waals surface area contributed by atoms with E-state index in [1.807, 2.05) is 0 Å². The first-order valence-corrected chi connectivity index (χ1v) is 9.81. The van der Waals surface area contributed by atoms with Gasteiger partial charge in [0, 0.05) is 5.69 Å². The number of benzene rings is 2. The topological polar surface area (TPSA) is 111 Å². The number of nitrogens with one attached hydrogen (secondary N) is 2. The Morgan fingerprint density at radius 1 is 1.04 bits per heavy atom. The van der Waals surface area contributed by atoms with E-state index >= 15 is 0 Å². The smallest absolute Gasteiger partial charge is 0.341 e. The molecule has 0 fully saturated rings. The molecule has 8 nitrogen and oxygen atoms in total. The highest BCUT2D eigenvalue weighted by molar-refractivity contribution is 7.92. The quantitative estimate of drug-likeness (QED) is 0.699. The number of hydrogen-bond donors (Lipinski definition) is 2. The molecule has 0 aliphatic carbocycles. The summed E-state index contributed by atoms with van der Waals surface area (Å²) >= 11 is 0. The van der Waals surface area contributed by atoms with E-state index < -0.39 is 28.0 Å². The highest BCUT2D eigenvalue weighted by atomic mass is 32.2. The molecule has 1 amide bonds. The van der Waals surface area contributed by atoms with Crippen molar-refractivity contribution in [3.8, 4) is 5.75 Å². The maximum absolute atomic E-state index is 12.3. The zero-order valence-corrected chi connectivity index (χ0v) is 15.9. The molecule has 1 unspecified atom stereocenters. The number of methoxy groups -OCH3 is 1. The highest BCUT2D eigenvalue weighted by Crippen LogP contribution is 2.19. The van der Waals surface area contributed by atoms with Crippen LogP contribution in [0, 0.1) is 0 Å². The molecule has 0 aliphatic rings. The lowest BCUT2D eigenvalue weighted by Gasteiger charge is -2.15. The van der Waals surface area contributed by atoms with Crippen LogP contribution in [-0.4, -0.2) is 39.8 Å². The lowest BCUT2D eigenvalue weighted by Crippen LogP contribution is -2.30. The first-order chi connectivity index (χ1) is 12.7. The van der Waals surface area contributed by atoms with Crippen LogP contribution >= 0.6 is 0 Å². The van der Waals surface area contributed by atoms with Crippen LogP contribution < -0.4 is 14.8 Å². The fourth-order valence-corrected chi connectivity index (χ4v) is 2.72. The molecule has 0 saturated carbocycles. The van der Waals surface area contributed by atoms with Gasteiger partial charge in [-0.05, 0) is 43.3 Å². The minimum atomic E-state index is -3.57. The van der Waals surface area contributed by atoms with E-state index in [0.717, 1.165) is 6.26 Å². The van der Waals surface area contributed by atoms with Crippen molar-refractivity contribution < 1.29 is 27.5 Å². The SMILES string of the molecule is COc1ccc(NC(=O)C(C)OC(=O)c2ccccc2NS(C)(=O)=O)cc1. The molecule has 0 aromatic heterocycles. The molecule has 2 aromatic rings. The molecule has 0 spiro atoms. The molecule has 2 rings (SSSR count). The van der Waals surface area contributed by atoms with E-state index in [0.29, 0.717) is 11.4 Å². The number of carbonyl (C=O) groups excluding carboxylic acids is 2. The van der Waals surface area contributed by atoms with Crippen LogP contribution in [0.5, 0.6) is 5.75 Å². The first kappa shape index (κ1) is 20.2. The molecular formula is C18H20N2O6S. The predicted octanol–water partition coefficient (Wildman–Crippen LogP) is 2.25. The Labute approximate surface area is 157 Å². The minimum Gasteiger partial charge on any atom is -0.497 e. The van der Waals surface area contributed by atoms with Crippen LogP contribution in [0.2, 0.25) is 0 Å². The maximum Gasteiger partial charge on any atom is 0.341 e. The van der Waals surface area contributed by atoms with Crippen LogP contribution in [0.1, 0.15) is 17.3 Å². The largest absolute Gasteiger partial charge is 0.497 e. The molecule has 1 atom stereocenters. The number of amides is 1. The summed E-state index contributed by atoms with van der Waals surface area (Å²) in [5, 5.41) is 2.62. The van der Waals surface area contributed by atoms with Crippen LogP contribution in [0.3, 0.4) is 0 Å². The van der Waals surface area contributed by atoms with Crippen molar-refractivity contribution in [1.29, 1.82) is 0 Å². The Kier molecular flexibility index (Phi) is 6.40. The van der Waals surface area contributed by atoms with Gasteiger partial charge < -0.3 is 14.8 Å². The summed E-state index contributed by atoms with van der Waals surface area (Å²) < 4.78 is 35.3. The number of sulfonamides is 1. The molecule has 2 N–H and O–H groups in total. The van der Waals surface area contributed by atoms with Gasteiger partial charge >= 0.3 is 5.97 Å². The second-order valence-electron chi connectivity index (χ2n) is 5.69. The lowest BCUT2D eigenvalue weighted by molar-refractivity contribution is -0.123. The second kappa shape index (κ2) is 8.54. The standard InChI is InChI=1S/C18H20N2O6S/c1-12(17(21)19-13-8-10-14(25-2)11-9-13)26-18(22)15-6-4-5-7-16(15)20-27(3,23)24/h4-12,20H,1-3H3,(H,19,21). The van der Waals surface area contributed by atoms with E-state index in [1.165, 1.54) is 26.2 Å². The lowest BCUT2D eigenvalue weighted by atomic mass is 10.2. The third-order valence-electron chi connectivity index (χ3n) is 3.45. The average molecular weight is 392 g/mol. The molecule has 27 heavy (non-hydrogen) atoms. The number of para-hydroxylation sites is 1. The third kappa shape index (κ3) is 6.00. The van der Waals surface area contributed by atoms with Crippen molar-refractivity contribution >= 4 is 33.3 Å². The van der Waals surface area contributed by atoms with Crippen molar-refractivity contribution in [1.82, 2.24) is 0 Å². The molecule has 9 heteroatoms. The average Bonchev–Trinajstić information content (AvgIpc) is 2.61. The molecule has 0 aliphatic heterocycles. The van der Waals surface area contributed by atoms with Crippen LogP contribution in [0.25, 0.3) is 0 Å². The minimum absolute atomic E-state index is 0.00650. The number of hydrogen-bond acceptors (Lipinski definition) is 6. The Morgan fingerprint density at radius 3 is 2.26 bits per heavy atom. The van der Waals surface area contributed by atoms with Crippen molar-refractivity contribution in [2.75, 3.05) is 23.4 Å². The summed E-state index contributed by atoms with van der Waals surface area (Å²) in [4.78, 5) is 24.6. The van der Waals surface area contributed by atoms with E-state index in [1.54, 1.807) is 36.4 Å².